The standard InChI is InChI=1S/C21H24F2O2S/c1-5-25-19(24)10-9-18(26-4)16-12-15(11-14(3)21(16)23)20-13(2)7-6-8-17(20)22/h6-8,11-12,18H,5,9-10H2,1-4H3. The van der Waals surface area contributed by atoms with Crippen LogP contribution in [-0.2, 0) is 9.53 Å². The van der Waals surface area contributed by atoms with Gasteiger partial charge >= 0.3 is 5.97 Å². The lowest BCUT2D eigenvalue weighted by atomic mass is 9.94. The Balaban J connectivity index is 2.42. The smallest absolute Gasteiger partial charge is 0.305 e. The molecule has 0 aliphatic carbocycles. The number of benzene rings is 2. The van der Waals surface area contributed by atoms with E-state index in [1.807, 2.05) is 19.2 Å². The summed E-state index contributed by atoms with van der Waals surface area (Å²) in [6.45, 7) is 5.61. The topological polar surface area (TPSA) is 26.3 Å². The Kier molecular flexibility index (Phi) is 7.21. The highest BCUT2D eigenvalue weighted by Crippen LogP contribution is 2.38. The minimum Gasteiger partial charge on any atom is -0.466 e. The van der Waals surface area contributed by atoms with Crippen molar-refractivity contribution in [3.05, 3.63) is 58.7 Å². The lowest BCUT2D eigenvalue weighted by molar-refractivity contribution is -0.143. The van der Waals surface area contributed by atoms with Crippen LogP contribution in [0.25, 0.3) is 11.1 Å². The molecule has 2 aromatic carbocycles. The summed E-state index contributed by atoms with van der Waals surface area (Å²) in [6, 6.07) is 8.29. The number of esters is 1. The fourth-order valence-corrected chi connectivity index (χ4v) is 3.83. The van der Waals surface area contributed by atoms with E-state index >= 15 is 0 Å². The molecule has 0 aliphatic rings. The zero-order chi connectivity index (χ0) is 19.3. The maximum absolute atomic E-state index is 14.8. The Labute approximate surface area is 158 Å². The molecule has 1 atom stereocenters. The Bertz CT molecular complexity index is 770. The van der Waals surface area contributed by atoms with Gasteiger partial charge in [0, 0.05) is 22.8 Å². The fourth-order valence-electron chi connectivity index (χ4n) is 3.06. The van der Waals surface area contributed by atoms with E-state index in [9.17, 15) is 13.6 Å². The van der Waals surface area contributed by atoms with E-state index < -0.39 is 0 Å². The van der Waals surface area contributed by atoms with Crippen molar-refractivity contribution >= 4 is 17.7 Å². The molecule has 0 heterocycles. The van der Waals surface area contributed by atoms with Crippen molar-refractivity contribution in [2.45, 2.75) is 38.9 Å². The van der Waals surface area contributed by atoms with E-state index in [1.165, 1.54) is 17.8 Å². The molecule has 0 amide bonds. The Morgan fingerprint density at radius 2 is 1.92 bits per heavy atom. The van der Waals surface area contributed by atoms with Crippen LogP contribution in [0.3, 0.4) is 0 Å². The summed E-state index contributed by atoms with van der Waals surface area (Å²) < 4.78 is 34.1. The highest BCUT2D eigenvalue weighted by Gasteiger charge is 2.21. The first-order valence-electron chi connectivity index (χ1n) is 8.63. The number of carbonyl (C=O) groups excluding carboxylic acids is 1. The molecule has 0 aliphatic heterocycles. The molecule has 2 rings (SSSR count). The molecule has 0 saturated carbocycles. The summed E-state index contributed by atoms with van der Waals surface area (Å²) in [5.74, 6) is -0.912. The van der Waals surface area contributed by atoms with Gasteiger partial charge in [-0.15, -0.1) is 0 Å². The summed E-state index contributed by atoms with van der Waals surface area (Å²) in [5, 5.41) is -0.204. The van der Waals surface area contributed by atoms with Crippen molar-refractivity contribution in [2.75, 3.05) is 12.9 Å². The number of hydrogen-bond acceptors (Lipinski definition) is 3. The SMILES string of the molecule is CCOC(=O)CCC(SC)c1cc(-c2c(C)cccc2F)cc(C)c1F. The fraction of sp³-hybridized carbons (Fsp3) is 0.381. The second-order valence-electron chi connectivity index (χ2n) is 6.20. The third-order valence-electron chi connectivity index (χ3n) is 4.34. The van der Waals surface area contributed by atoms with Crippen LogP contribution < -0.4 is 0 Å². The Hall–Kier alpha value is -1.88. The van der Waals surface area contributed by atoms with Crippen molar-refractivity contribution in [3.8, 4) is 11.1 Å². The first-order valence-corrected chi connectivity index (χ1v) is 9.91. The second-order valence-corrected chi connectivity index (χ2v) is 7.24. The van der Waals surface area contributed by atoms with Gasteiger partial charge in [0.15, 0.2) is 0 Å². The third-order valence-corrected chi connectivity index (χ3v) is 5.40. The highest BCUT2D eigenvalue weighted by molar-refractivity contribution is 7.98. The second kappa shape index (κ2) is 9.17. The highest BCUT2D eigenvalue weighted by atomic mass is 32.2. The maximum atomic E-state index is 14.8. The zero-order valence-corrected chi connectivity index (χ0v) is 16.4. The number of ether oxygens (including phenoxy) is 1. The van der Waals surface area contributed by atoms with Gasteiger partial charge in [-0.25, -0.2) is 8.78 Å². The van der Waals surface area contributed by atoms with Crippen LogP contribution in [0.2, 0.25) is 0 Å². The third kappa shape index (κ3) is 4.64. The molecule has 0 N–H and O–H groups in total. The number of aryl methyl sites for hydroxylation is 2. The molecular formula is C21H24F2O2S. The summed E-state index contributed by atoms with van der Waals surface area (Å²) in [5.41, 5.74) is 2.91. The summed E-state index contributed by atoms with van der Waals surface area (Å²) in [7, 11) is 0. The first kappa shape index (κ1) is 20.4. The maximum Gasteiger partial charge on any atom is 0.305 e. The van der Waals surface area contributed by atoms with E-state index in [4.69, 9.17) is 4.74 Å². The van der Waals surface area contributed by atoms with E-state index in [0.29, 0.717) is 35.3 Å². The van der Waals surface area contributed by atoms with Gasteiger partial charge in [0.1, 0.15) is 11.6 Å². The van der Waals surface area contributed by atoms with E-state index in [1.54, 1.807) is 32.0 Å². The monoisotopic (exact) mass is 378 g/mol. The average Bonchev–Trinajstić information content (AvgIpc) is 2.59. The summed E-state index contributed by atoms with van der Waals surface area (Å²) >= 11 is 1.48. The van der Waals surface area contributed by atoms with Crippen molar-refractivity contribution < 1.29 is 18.3 Å². The lowest BCUT2D eigenvalue weighted by Gasteiger charge is -2.19. The molecule has 2 nitrogen and oxygen atoms in total. The van der Waals surface area contributed by atoms with Crippen molar-refractivity contribution in [2.24, 2.45) is 0 Å². The average molecular weight is 378 g/mol. The number of carbonyl (C=O) groups is 1. The van der Waals surface area contributed by atoms with Crippen LogP contribution >= 0.6 is 11.8 Å². The molecule has 1 unspecified atom stereocenters. The summed E-state index contributed by atoms with van der Waals surface area (Å²) in [6.07, 6.45) is 2.57. The molecule has 0 spiro atoms. The van der Waals surface area contributed by atoms with Gasteiger partial charge in [0.05, 0.1) is 6.61 Å². The van der Waals surface area contributed by atoms with Gasteiger partial charge in [0.2, 0.25) is 0 Å². The van der Waals surface area contributed by atoms with Gasteiger partial charge in [-0.1, -0.05) is 12.1 Å². The molecule has 0 fully saturated rings. The van der Waals surface area contributed by atoms with E-state index in [0.717, 1.165) is 5.56 Å². The zero-order valence-electron chi connectivity index (χ0n) is 15.6. The number of hydrogen-bond donors (Lipinski definition) is 0. The normalized spacial score (nSPS) is 12.1. The molecular weight excluding hydrogens is 354 g/mol. The molecule has 5 heteroatoms. The molecule has 2 aromatic rings. The number of rotatable bonds is 7. The quantitative estimate of drug-likeness (QED) is 0.553. The summed E-state index contributed by atoms with van der Waals surface area (Å²) in [4.78, 5) is 11.6. The Morgan fingerprint density at radius 3 is 2.54 bits per heavy atom. The molecule has 26 heavy (non-hydrogen) atoms. The predicted octanol–water partition coefficient (Wildman–Crippen LogP) is 6.00. The first-order chi connectivity index (χ1) is 12.4. The van der Waals surface area contributed by atoms with Crippen molar-refractivity contribution in [1.82, 2.24) is 0 Å². The van der Waals surface area contributed by atoms with Gasteiger partial charge in [-0.05, 0) is 68.3 Å². The van der Waals surface area contributed by atoms with Gasteiger partial charge in [0.25, 0.3) is 0 Å². The van der Waals surface area contributed by atoms with Crippen LogP contribution in [0.4, 0.5) is 8.78 Å². The minimum atomic E-state index is -0.325. The largest absolute Gasteiger partial charge is 0.466 e. The van der Waals surface area contributed by atoms with Crippen LogP contribution in [0.15, 0.2) is 30.3 Å². The van der Waals surface area contributed by atoms with Crippen molar-refractivity contribution in [1.29, 1.82) is 0 Å². The number of halogens is 2. The van der Waals surface area contributed by atoms with E-state index in [-0.39, 0.29) is 29.3 Å². The van der Waals surface area contributed by atoms with Crippen molar-refractivity contribution in [3.63, 3.8) is 0 Å². The predicted molar refractivity (Wildman–Crippen MR) is 103 cm³/mol. The van der Waals surface area contributed by atoms with Crippen LogP contribution in [-0.4, -0.2) is 18.8 Å². The van der Waals surface area contributed by atoms with E-state index in [2.05, 4.69) is 0 Å². The van der Waals surface area contributed by atoms with Gasteiger partial charge in [-0.2, -0.15) is 11.8 Å². The van der Waals surface area contributed by atoms with Crippen LogP contribution in [0.1, 0.15) is 41.7 Å². The van der Waals surface area contributed by atoms with Crippen LogP contribution in [0, 0.1) is 25.5 Å². The molecule has 0 radical (unpaired) electrons. The molecule has 140 valence electrons. The van der Waals surface area contributed by atoms with Gasteiger partial charge in [-0.3, -0.25) is 4.79 Å². The minimum absolute atomic E-state index is 0.204. The molecule has 0 aromatic heterocycles. The molecule has 0 saturated heterocycles. The Morgan fingerprint density at radius 1 is 1.19 bits per heavy atom. The number of thioether (sulfide) groups is 1. The van der Waals surface area contributed by atoms with Crippen LogP contribution in [0.5, 0.6) is 0 Å². The lowest BCUT2D eigenvalue weighted by Crippen LogP contribution is -2.07. The van der Waals surface area contributed by atoms with Gasteiger partial charge < -0.3 is 4.74 Å². The molecule has 0 bridgehead atoms.